The van der Waals surface area contributed by atoms with Crippen molar-refractivity contribution in [2.24, 2.45) is 0 Å². The molecule has 4 nitrogen and oxygen atoms in total. The molecule has 0 radical (unpaired) electrons. The van der Waals surface area contributed by atoms with Gasteiger partial charge in [-0.15, -0.1) is 11.3 Å². The van der Waals surface area contributed by atoms with E-state index < -0.39 is 10.0 Å². The van der Waals surface area contributed by atoms with Crippen LogP contribution < -0.4 is 4.72 Å². The van der Waals surface area contributed by atoms with Crippen LogP contribution in [0.25, 0.3) is 0 Å². The smallest absolute Gasteiger partial charge is 0.271 e. The van der Waals surface area contributed by atoms with Gasteiger partial charge in [0.1, 0.15) is 9.96 Å². The minimum absolute atomic E-state index is 0.0498. The summed E-state index contributed by atoms with van der Waals surface area (Å²) in [5.41, 5.74) is 1.01. The Hall–Kier alpha value is -0.570. The summed E-state index contributed by atoms with van der Waals surface area (Å²) < 4.78 is 28.3. The lowest BCUT2D eigenvalue weighted by molar-refractivity contribution is 0.471. The third-order valence-electron chi connectivity index (χ3n) is 2.35. The molecule has 1 aromatic heterocycles. The van der Waals surface area contributed by atoms with Crippen LogP contribution in [0.15, 0.2) is 36.7 Å². The number of rotatable bonds is 3. The number of thiophene rings is 1. The van der Waals surface area contributed by atoms with Crippen LogP contribution in [0, 0.1) is 6.92 Å². The minimum atomic E-state index is -3.65. The highest BCUT2D eigenvalue weighted by Crippen LogP contribution is 2.35. The molecule has 0 amide bonds. The molecule has 2 aromatic rings. The SMILES string of the molecule is Cc1ccc(NS(=O)(=O)c2cc(Br)c(Br)s2)cc1O. The van der Waals surface area contributed by atoms with Crippen molar-refractivity contribution in [1.29, 1.82) is 0 Å². The molecular weight excluding hydrogens is 418 g/mol. The quantitative estimate of drug-likeness (QED) is 0.776. The summed E-state index contributed by atoms with van der Waals surface area (Å²) in [4.78, 5) is 0. The van der Waals surface area contributed by atoms with E-state index in [9.17, 15) is 13.5 Å². The zero-order valence-corrected chi connectivity index (χ0v) is 14.5. The number of benzene rings is 1. The van der Waals surface area contributed by atoms with Crippen molar-refractivity contribution in [3.63, 3.8) is 0 Å². The third kappa shape index (κ3) is 3.31. The molecule has 0 aliphatic carbocycles. The highest BCUT2D eigenvalue weighted by atomic mass is 79.9. The van der Waals surface area contributed by atoms with Gasteiger partial charge in [-0.3, -0.25) is 4.72 Å². The molecule has 19 heavy (non-hydrogen) atoms. The average Bonchev–Trinajstić information content (AvgIpc) is 2.65. The molecule has 0 saturated carbocycles. The number of sulfonamides is 1. The molecular formula is C11H9Br2NO3S2. The molecule has 0 spiro atoms. The molecule has 2 rings (SSSR count). The van der Waals surface area contributed by atoms with Crippen molar-refractivity contribution in [3.8, 4) is 5.75 Å². The Balaban J connectivity index is 2.33. The zero-order valence-electron chi connectivity index (χ0n) is 9.65. The monoisotopic (exact) mass is 425 g/mol. The van der Waals surface area contributed by atoms with Crippen molar-refractivity contribution in [3.05, 3.63) is 38.1 Å². The number of hydrogen-bond donors (Lipinski definition) is 2. The first-order chi connectivity index (χ1) is 8.79. The topological polar surface area (TPSA) is 66.4 Å². The zero-order chi connectivity index (χ0) is 14.2. The summed E-state index contributed by atoms with van der Waals surface area (Å²) >= 11 is 7.61. The summed E-state index contributed by atoms with van der Waals surface area (Å²) in [6.45, 7) is 1.74. The van der Waals surface area contributed by atoms with E-state index >= 15 is 0 Å². The molecule has 1 aromatic carbocycles. The van der Waals surface area contributed by atoms with Gasteiger partial charge < -0.3 is 5.11 Å². The summed E-state index contributed by atoms with van der Waals surface area (Å²) in [5, 5.41) is 9.57. The van der Waals surface area contributed by atoms with E-state index in [0.717, 1.165) is 11.3 Å². The molecule has 8 heteroatoms. The number of nitrogens with one attached hydrogen (secondary N) is 1. The maximum absolute atomic E-state index is 12.1. The van der Waals surface area contributed by atoms with Gasteiger partial charge in [-0.25, -0.2) is 8.42 Å². The molecule has 0 aliphatic heterocycles. The normalized spacial score (nSPS) is 11.5. The van der Waals surface area contributed by atoms with E-state index in [2.05, 4.69) is 36.6 Å². The lowest BCUT2D eigenvalue weighted by atomic mass is 10.2. The Morgan fingerprint density at radius 1 is 1.26 bits per heavy atom. The van der Waals surface area contributed by atoms with Gasteiger partial charge in [0, 0.05) is 10.5 Å². The van der Waals surface area contributed by atoms with Gasteiger partial charge in [-0.1, -0.05) is 6.07 Å². The molecule has 0 atom stereocenters. The standard InChI is InChI=1S/C11H9Br2NO3S2/c1-6-2-3-7(4-9(6)15)14-19(16,17)10-5-8(12)11(13)18-10/h2-5,14-15H,1H3. The van der Waals surface area contributed by atoms with Gasteiger partial charge >= 0.3 is 0 Å². The Morgan fingerprint density at radius 2 is 1.95 bits per heavy atom. The van der Waals surface area contributed by atoms with E-state index in [1.54, 1.807) is 19.1 Å². The highest BCUT2D eigenvalue weighted by molar-refractivity contribution is 9.13. The van der Waals surface area contributed by atoms with Crippen LogP contribution in [-0.4, -0.2) is 13.5 Å². The average molecular weight is 427 g/mol. The van der Waals surface area contributed by atoms with Crippen LogP contribution in [0.2, 0.25) is 0 Å². The third-order valence-corrected chi connectivity index (χ3v) is 7.46. The Labute approximate surface area is 131 Å². The molecule has 102 valence electrons. The minimum Gasteiger partial charge on any atom is -0.508 e. The molecule has 0 unspecified atom stereocenters. The van der Waals surface area contributed by atoms with E-state index in [1.807, 2.05) is 0 Å². The van der Waals surface area contributed by atoms with Crippen LogP contribution in [-0.2, 0) is 10.0 Å². The van der Waals surface area contributed by atoms with Crippen LogP contribution in [0.4, 0.5) is 5.69 Å². The van der Waals surface area contributed by atoms with E-state index in [1.165, 1.54) is 12.1 Å². The molecule has 0 fully saturated rings. The van der Waals surface area contributed by atoms with Crippen molar-refractivity contribution >= 4 is 58.9 Å². The highest BCUT2D eigenvalue weighted by Gasteiger charge is 2.19. The van der Waals surface area contributed by atoms with E-state index in [-0.39, 0.29) is 9.96 Å². The van der Waals surface area contributed by atoms with Gasteiger partial charge in [0.2, 0.25) is 0 Å². The van der Waals surface area contributed by atoms with Crippen molar-refractivity contribution in [1.82, 2.24) is 0 Å². The first-order valence-electron chi connectivity index (χ1n) is 5.07. The molecule has 0 bridgehead atoms. The maximum Gasteiger partial charge on any atom is 0.271 e. The van der Waals surface area contributed by atoms with Gasteiger partial charge in [-0.2, -0.15) is 0 Å². The summed E-state index contributed by atoms with van der Waals surface area (Å²) in [7, 11) is -3.65. The number of aromatic hydroxyl groups is 1. The van der Waals surface area contributed by atoms with Gasteiger partial charge in [0.15, 0.2) is 0 Å². The predicted molar refractivity (Wildman–Crippen MR) is 83.4 cm³/mol. The second kappa shape index (κ2) is 5.43. The Bertz CT molecular complexity index is 706. The number of phenols is 1. The Kier molecular flexibility index (Phi) is 4.24. The first-order valence-corrected chi connectivity index (χ1v) is 8.95. The second-order valence-corrected chi connectivity index (χ2v) is 8.93. The number of aryl methyl sites for hydroxylation is 1. The van der Waals surface area contributed by atoms with E-state index in [0.29, 0.717) is 19.5 Å². The number of hydrogen-bond acceptors (Lipinski definition) is 4. The number of phenolic OH excluding ortho intramolecular Hbond substituents is 1. The van der Waals surface area contributed by atoms with Crippen LogP contribution >= 0.6 is 43.2 Å². The number of halogens is 2. The largest absolute Gasteiger partial charge is 0.508 e. The van der Waals surface area contributed by atoms with Crippen LogP contribution in [0.3, 0.4) is 0 Å². The van der Waals surface area contributed by atoms with Gasteiger partial charge in [-0.05, 0) is 56.5 Å². The molecule has 0 saturated heterocycles. The summed E-state index contributed by atoms with van der Waals surface area (Å²) in [6.07, 6.45) is 0. The Morgan fingerprint density at radius 3 is 2.47 bits per heavy atom. The fourth-order valence-corrected chi connectivity index (χ4v) is 5.21. The van der Waals surface area contributed by atoms with E-state index in [4.69, 9.17) is 0 Å². The predicted octanol–water partition coefficient (Wildman–Crippen LogP) is 4.09. The second-order valence-electron chi connectivity index (χ2n) is 3.79. The lowest BCUT2D eigenvalue weighted by Gasteiger charge is -2.07. The molecule has 2 N–H and O–H groups in total. The van der Waals surface area contributed by atoms with Gasteiger partial charge in [0.05, 0.1) is 9.47 Å². The van der Waals surface area contributed by atoms with Crippen LogP contribution in [0.5, 0.6) is 5.75 Å². The molecule has 0 aliphatic rings. The number of anilines is 1. The van der Waals surface area contributed by atoms with Crippen LogP contribution in [0.1, 0.15) is 5.56 Å². The van der Waals surface area contributed by atoms with Crippen molar-refractivity contribution in [2.45, 2.75) is 11.1 Å². The summed E-state index contributed by atoms with van der Waals surface area (Å²) in [5.74, 6) is 0.0498. The van der Waals surface area contributed by atoms with Crippen molar-refractivity contribution in [2.75, 3.05) is 4.72 Å². The van der Waals surface area contributed by atoms with Crippen molar-refractivity contribution < 1.29 is 13.5 Å². The fraction of sp³-hybridized carbons (Fsp3) is 0.0909. The first kappa shape index (κ1) is 14.8. The maximum atomic E-state index is 12.1. The lowest BCUT2D eigenvalue weighted by Crippen LogP contribution is -2.11. The molecule has 1 heterocycles. The van der Waals surface area contributed by atoms with Gasteiger partial charge in [0.25, 0.3) is 10.0 Å². The fourth-order valence-electron chi connectivity index (χ4n) is 1.34. The summed E-state index contributed by atoms with van der Waals surface area (Å²) in [6, 6.07) is 6.15.